The Morgan fingerprint density at radius 1 is 1.50 bits per heavy atom. The third-order valence-electron chi connectivity index (χ3n) is 3.63. The minimum absolute atomic E-state index is 0.539. The predicted molar refractivity (Wildman–Crippen MR) is 71.9 cm³/mol. The Hall–Kier alpha value is -1.62. The first-order chi connectivity index (χ1) is 8.90. The number of hydrogen-bond donors (Lipinski definition) is 1. The van der Waals surface area contributed by atoms with E-state index >= 15 is 0 Å². The van der Waals surface area contributed by atoms with Crippen molar-refractivity contribution in [3.63, 3.8) is 0 Å². The molecule has 1 aliphatic rings. The van der Waals surface area contributed by atoms with Crippen molar-refractivity contribution in [1.29, 1.82) is 0 Å². The van der Waals surface area contributed by atoms with E-state index in [2.05, 4.69) is 27.2 Å². The van der Waals surface area contributed by atoms with Gasteiger partial charge in [-0.1, -0.05) is 0 Å². The van der Waals surface area contributed by atoms with Gasteiger partial charge in [0.1, 0.15) is 5.52 Å². The molecule has 1 N–H and O–H groups in total. The van der Waals surface area contributed by atoms with Gasteiger partial charge in [-0.2, -0.15) is 5.10 Å². The first kappa shape index (κ1) is 11.5. The smallest absolute Gasteiger partial charge is 0.154 e. The molecular formula is C13H19N5. The molecule has 0 aromatic carbocycles. The summed E-state index contributed by atoms with van der Waals surface area (Å²) in [7, 11) is 0. The lowest BCUT2D eigenvalue weighted by Crippen LogP contribution is -2.46. The summed E-state index contributed by atoms with van der Waals surface area (Å²) in [4.78, 5) is 6.95. The van der Waals surface area contributed by atoms with Gasteiger partial charge in [-0.3, -0.25) is 0 Å². The van der Waals surface area contributed by atoms with Gasteiger partial charge in [-0.25, -0.2) is 9.50 Å². The highest BCUT2D eigenvalue weighted by Gasteiger charge is 2.22. The van der Waals surface area contributed by atoms with Gasteiger partial charge in [0.05, 0.1) is 6.20 Å². The van der Waals surface area contributed by atoms with E-state index < -0.39 is 0 Å². The Morgan fingerprint density at radius 2 is 2.44 bits per heavy atom. The molecular weight excluding hydrogens is 226 g/mol. The summed E-state index contributed by atoms with van der Waals surface area (Å²) in [6.07, 6.45) is 8.02. The van der Waals surface area contributed by atoms with Gasteiger partial charge in [0.2, 0.25) is 0 Å². The normalized spacial score (nSPS) is 20.2. The first-order valence-electron chi connectivity index (χ1n) is 6.66. The van der Waals surface area contributed by atoms with Crippen molar-refractivity contribution in [2.45, 2.75) is 25.8 Å². The minimum atomic E-state index is 0.539. The van der Waals surface area contributed by atoms with Crippen LogP contribution in [0.3, 0.4) is 0 Å². The third kappa shape index (κ3) is 1.95. The Labute approximate surface area is 107 Å². The van der Waals surface area contributed by atoms with Crippen LogP contribution in [-0.4, -0.2) is 40.3 Å². The van der Waals surface area contributed by atoms with Crippen LogP contribution in [0.2, 0.25) is 0 Å². The van der Waals surface area contributed by atoms with E-state index in [1.165, 1.54) is 12.8 Å². The Morgan fingerprint density at radius 3 is 3.22 bits per heavy atom. The van der Waals surface area contributed by atoms with Crippen molar-refractivity contribution in [1.82, 2.24) is 19.9 Å². The zero-order valence-corrected chi connectivity index (χ0v) is 10.7. The molecule has 1 saturated heterocycles. The Balaban J connectivity index is 1.97. The number of anilines is 1. The monoisotopic (exact) mass is 245 g/mol. The fourth-order valence-corrected chi connectivity index (χ4v) is 2.74. The van der Waals surface area contributed by atoms with Gasteiger partial charge in [0.15, 0.2) is 5.82 Å². The summed E-state index contributed by atoms with van der Waals surface area (Å²) in [5.41, 5.74) is 1.09. The molecule has 1 aliphatic heterocycles. The van der Waals surface area contributed by atoms with E-state index in [1.807, 2.05) is 29.2 Å². The van der Waals surface area contributed by atoms with Crippen LogP contribution in [0.15, 0.2) is 24.7 Å². The SMILES string of the molecule is CCN(c1nccn2nccc12)C1CCCNC1. The molecule has 2 aromatic rings. The predicted octanol–water partition coefficient (Wildman–Crippen LogP) is 1.31. The summed E-state index contributed by atoms with van der Waals surface area (Å²) < 4.78 is 1.89. The quantitative estimate of drug-likeness (QED) is 0.885. The van der Waals surface area contributed by atoms with E-state index in [0.717, 1.165) is 31.0 Å². The average Bonchev–Trinajstić information content (AvgIpc) is 2.90. The highest BCUT2D eigenvalue weighted by Crippen LogP contribution is 2.22. The second-order valence-electron chi connectivity index (χ2n) is 4.70. The maximum Gasteiger partial charge on any atom is 0.154 e. The number of nitrogens with zero attached hydrogens (tertiary/aromatic N) is 4. The van der Waals surface area contributed by atoms with E-state index in [4.69, 9.17) is 0 Å². The lowest BCUT2D eigenvalue weighted by atomic mass is 10.1. The van der Waals surface area contributed by atoms with Crippen molar-refractivity contribution in [2.75, 3.05) is 24.5 Å². The van der Waals surface area contributed by atoms with E-state index in [1.54, 1.807) is 0 Å². The fraction of sp³-hybridized carbons (Fsp3) is 0.538. The van der Waals surface area contributed by atoms with Gasteiger partial charge in [0.25, 0.3) is 0 Å². The lowest BCUT2D eigenvalue weighted by Gasteiger charge is -2.35. The lowest BCUT2D eigenvalue weighted by molar-refractivity contribution is 0.433. The molecule has 2 aromatic heterocycles. The van der Waals surface area contributed by atoms with Crippen LogP contribution in [-0.2, 0) is 0 Å². The minimum Gasteiger partial charge on any atom is -0.351 e. The second kappa shape index (κ2) is 4.94. The molecule has 18 heavy (non-hydrogen) atoms. The highest BCUT2D eigenvalue weighted by atomic mass is 15.3. The summed E-state index contributed by atoms with van der Waals surface area (Å²) in [5, 5.41) is 7.74. The first-order valence-corrected chi connectivity index (χ1v) is 6.66. The molecule has 0 bridgehead atoms. The maximum atomic E-state index is 4.56. The van der Waals surface area contributed by atoms with Crippen molar-refractivity contribution >= 4 is 11.3 Å². The fourth-order valence-electron chi connectivity index (χ4n) is 2.74. The van der Waals surface area contributed by atoms with Gasteiger partial charge >= 0.3 is 0 Å². The molecule has 1 fully saturated rings. The number of aromatic nitrogens is 3. The van der Waals surface area contributed by atoms with Crippen molar-refractivity contribution < 1.29 is 0 Å². The van der Waals surface area contributed by atoms with Crippen LogP contribution >= 0.6 is 0 Å². The topological polar surface area (TPSA) is 45.5 Å². The summed E-state index contributed by atoms with van der Waals surface area (Å²) >= 11 is 0. The molecule has 1 unspecified atom stereocenters. The van der Waals surface area contributed by atoms with E-state index in [0.29, 0.717) is 6.04 Å². The van der Waals surface area contributed by atoms with Crippen LogP contribution in [0.25, 0.3) is 5.52 Å². The Kier molecular flexibility index (Phi) is 3.15. The molecule has 0 spiro atoms. The van der Waals surface area contributed by atoms with E-state index in [9.17, 15) is 0 Å². The number of fused-ring (bicyclic) bond motifs is 1. The van der Waals surface area contributed by atoms with Crippen molar-refractivity contribution in [3.8, 4) is 0 Å². The zero-order valence-electron chi connectivity index (χ0n) is 10.7. The molecule has 5 nitrogen and oxygen atoms in total. The molecule has 3 heterocycles. The van der Waals surface area contributed by atoms with E-state index in [-0.39, 0.29) is 0 Å². The molecule has 0 amide bonds. The third-order valence-corrected chi connectivity index (χ3v) is 3.63. The van der Waals surface area contributed by atoms with Gasteiger partial charge < -0.3 is 10.2 Å². The molecule has 0 aliphatic carbocycles. The van der Waals surface area contributed by atoms with Gasteiger partial charge in [-0.15, -0.1) is 0 Å². The van der Waals surface area contributed by atoms with Crippen LogP contribution in [0, 0.1) is 0 Å². The van der Waals surface area contributed by atoms with Crippen molar-refractivity contribution in [2.24, 2.45) is 0 Å². The number of likely N-dealkylation sites (N-methyl/N-ethyl adjacent to an activating group) is 1. The average molecular weight is 245 g/mol. The number of piperidine rings is 1. The van der Waals surface area contributed by atoms with Crippen LogP contribution in [0.5, 0.6) is 0 Å². The molecule has 96 valence electrons. The standard InChI is InChI=1S/C13H19N5/c1-2-17(11-4-3-6-14-10-11)13-12-5-7-16-18(12)9-8-15-13/h5,7-9,11,14H,2-4,6,10H2,1H3. The molecule has 0 saturated carbocycles. The maximum absolute atomic E-state index is 4.56. The number of rotatable bonds is 3. The molecule has 0 radical (unpaired) electrons. The second-order valence-corrected chi connectivity index (χ2v) is 4.70. The number of hydrogen-bond acceptors (Lipinski definition) is 4. The highest BCUT2D eigenvalue weighted by molar-refractivity contribution is 5.68. The zero-order chi connectivity index (χ0) is 12.4. The van der Waals surface area contributed by atoms with Crippen molar-refractivity contribution in [3.05, 3.63) is 24.7 Å². The van der Waals surface area contributed by atoms with Crippen LogP contribution in [0.4, 0.5) is 5.82 Å². The largest absolute Gasteiger partial charge is 0.351 e. The summed E-state index contributed by atoms with van der Waals surface area (Å²) in [6.45, 7) is 5.35. The molecule has 5 heteroatoms. The van der Waals surface area contributed by atoms with Crippen LogP contribution < -0.4 is 10.2 Å². The molecule has 1 atom stereocenters. The van der Waals surface area contributed by atoms with Gasteiger partial charge in [0, 0.05) is 31.5 Å². The number of nitrogens with one attached hydrogen (secondary N) is 1. The van der Waals surface area contributed by atoms with Crippen LogP contribution in [0.1, 0.15) is 19.8 Å². The summed E-state index contributed by atoms with van der Waals surface area (Å²) in [6, 6.07) is 2.57. The summed E-state index contributed by atoms with van der Waals surface area (Å²) in [5.74, 6) is 1.05. The Bertz CT molecular complexity index is 515. The van der Waals surface area contributed by atoms with Gasteiger partial charge in [-0.05, 0) is 32.4 Å². The molecule has 3 rings (SSSR count).